The Bertz CT molecular complexity index is 124. The first kappa shape index (κ1) is 9.39. The summed E-state index contributed by atoms with van der Waals surface area (Å²) in [6, 6.07) is -1.28. The highest BCUT2D eigenvalue weighted by atomic mass is 16.4. The highest BCUT2D eigenvalue weighted by Crippen LogP contribution is 2.03. The number of aliphatic hydroxyl groups excluding tert-OH is 1. The molecule has 0 radical (unpaired) electrons. The van der Waals surface area contributed by atoms with Crippen molar-refractivity contribution in [3.63, 3.8) is 0 Å². The summed E-state index contributed by atoms with van der Waals surface area (Å²) < 4.78 is 0. The molecule has 0 saturated carbocycles. The van der Waals surface area contributed by atoms with E-state index in [1.54, 1.807) is 13.8 Å². The first-order valence-corrected chi connectivity index (χ1v) is 3.11. The van der Waals surface area contributed by atoms with Gasteiger partial charge >= 0.3 is 0 Å². The molecule has 10 heavy (non-hydrogen) atoms. The fourth-order valence-electron chi connectivity index (χ4n) is 0.554. The number of rotatable bonds is 3. The normalized spacial score (nSPS) is 16.9. The van der Waals surface area contributed by atoms with Gasteiger partial charge in [0.1, 0.15) is 0 Å². The van der Waals surface area contributed by atoms with E-state index in [1.165, 1.54) is 0 Å². The number of carbonyl (C=O) groups excluding carboxylic acids is 1. The van der Waals surface area contributed by atoms with Gasteiger partial charge in [-0.1, -0.05) is 13.8 Å². The lowest BCUT2D eigenvalue weighted by Crippen LogP contribution is -2.51. The molecule has 0 aliphatic carbocycles. The third-order valence-corrected chi connectivity index (χ3v) is 1.32. The van der Waals surface area contributed by atoms with Crippen molar-refractivity contribution in [2.24, 2.45) is 11.7 Å². The summed E-state index contributed by atoms with van der Waals surface area (Å²) in [6.45, 7) is 3.38. The molecule has 0 spiro atoms. The minimum atomic E-state index is -1.42. The Morgan fingerprint density at radius 3 is 2.10 bits per heavy atom. The minimum Gasteiger partial charge on any atom is -0.548 e. The molecule has 0 fully saturated rings. The Labute approximate surface area is 59.7 Å². The van der Waals surface area contributed by atoms with Crippen molar-refractivity contribution in [3.8, 4) is 0 Å². The molecule has 3 N–H and O–H groups in total. The molecule has 0 rings (SSSR count). The second-order valence-corrected chi connectivity index (χ2v) is 2.58. The van der Waals surface area contributed by atoms with E-state index in [-0.39, 0.29) is 5.92 Å². The lowest BCUT2D eigenvalue weighted by Gasteiger charge is -2.22. The third kappa shape index (κ3) is 2.33. The fourth-order valence-corrected chi connectivity index (χ4v) is 0.554. The maximum atomic E-state index is 10.0. The SMILES string of the molecule is CC(C)[C@H](O)[C@@H](N)C(=O)[O-]. The van der Waals surface area contributed by atoms with Gasteiger partial charge in [-0.2, -0.15) is 0 Å². The second-order valence-electron chi connectivity index (χ2n) is 2.58. The van der Waals surface area contributed by atoms with Crippen LogP contribution in [-0.4, -0.2) is 23.2 Å². The van der Waals surface area contributed by atoms with E-state index in [4.69, 9.17) is 10.8 Å². The van der Waals surface area contributed by atoms with Crippen LogP contribution >= 0.6 is 0 Å². The van der Waals surface area contributed by atoms with Crippen LogP contribution in [0.25, 0.3) is 0 Å². The highest BCUT2D eigenvalue weighted by molar-refractivity contribution is 5.71. The molecule has 60 valence electrons. The standard InChI is InChI=1S/C6H13NO3/c1-3(2)5(8)4(7)6(9)10/h3-5,8H,7H2,1-2H3,(H,9,10)/p-1/t4-,5+/m1/s1. The van der Waals surface area contributed by atoms with Crippen LogP contribution in [0.1, 0.15) is 13.8 Å². The zero-order valence-corrected chi connectivity index (χ0v) is 6.07. The molecule has 0 aromatic rings. The quantitative estimate of drug-likeness (QED) is 0.486. The number of aliphatic carboxylic acids is 1. The number of carboxylic acid groups (broad SMARTS) is 1. The largest absolute Gasteiger partial charge is 0.548 e. The van der Waals surface area contributed by atoms with Crippen LogP contribution < -0.4 is 10.8 Å². The maximum Gasteiger partial charge on any atom is 0.0767 e. The molecule has 0 amide bonds. The lowest BCUT2D eigenvalue weighted by atomic mass is 10.0. The van der Waals surface area contributed by atoms with Crippen LogP contribution in [0.4, 0.5) is 0 Å². The molecule has 0 aliphatic rings. The Morgan fingerprint density at radius 1 is 1.60 bits per heavy atom. The Balaban J connectivity index is 3.94. The second kappa shape index (κ2) is 3.53. The average Bonchev–Trinajstić information content (AvgIpc) is 1.84. The summed E-state index contributed by atoms with van der Waals surface area (Å²) in [7, 11) is 0. The number of hydrogen-bond donors (Lipinski definition) is 2. The van der Waals surface area contributed by atoms with Crippen molar-refractivity contribution >= 4 is 5.97 Å². The van der Waals surface area contributed by atoms with Crippen LogP contribution in [0.5, 0.6) is 0 Å². The summed E-state index contributed by atoms with van der Waals surface area (Å²) in [5.74, 6) is -1.57. The first-order chi connectivity index (χ1) is 4.46. The molecule has 0 aromatic carbocycles. The zero-order valence-electron chi connectivity index (χ0n) is 6.07. The first-order valence-electron chi connectivity index (χ1n) is 3.11. The van der Waals surface area contributed by atoms with Gasteiger partial charge in [0.05, 0.1) is 18.1 Å². The van der Waals surface area contributed by atoms with E-state index in [9.17, 15) is 9.90 Å². The summed E-state index contributed by atoms with van der Waals surface area (Å²) >= 11 is 0. The molecule has 0 saturated heterocycles. The molecule has 0 unspecified atom stereocenters. The monoisotopic (exact) mass is 146 g/mol. The number of carboxylic acids is 1. The van der Waals surface area contributed by atoms with Crippen LogP contribution in [-0.2, 0) is 4.79 Å². The average molecular weight is 146 g/mol. The van der Waals surface area contributed by atoms with Gasteiger partial charge in [-0.05, 0) is 5.92 Å². The predicted molar refractivity (Wildman–Crippen MR) is 33.8 cm³/mol. The van der Waals surface area contributed by atoms with Gasteiger partial charge in [0.15, 0.2) is 0 Å². The van der Waals surface area contributed by atoms with E-state index in [2.05, 4.69) is 0 Å². The molecule has 0 aromatic heterocycles. The van der Waals surface area contributed by atoms with Crippen LogP contribution in [0, 0.1) is 5.92 Å². The lowest BCUT2D eigenvalue weighted by molar-refractivity contribution is -0.309. The Hall–Kier alpha value is -0.610. The zero-order chi connectivity index (χ0) is 8.31. The van der Waals surface area contributed by atoms with Crippen LogP contribution in [0.3, 0.4) is 0 Å². The molecule has 4 nitrogen and oxygen atoms in total. The molecular formula is C6H12NO3-. The van der Waals surface area contributed by atoms with E-state index in [1.807, 2.05) is 0 Å². The Kier molecular flexibility index (Phi) is 3.32. The molecule has 0 heterocycles. The summed E-state index contributed by atoms with van der Waals surface area (Å²) in [5.41, 5.74) is 5.05. The molecule has 2 atom stereocenters. The maximum absolute atomic E-state index is 10.0. The number of aliphatic hydroxyl groups is 1. The van der Waals surface area contributed by atoms with Crippen molar-refractivity contribution in [2.75, 3.05) is 0 Å². The fraction of sp³-hybridized carbons (Fsp3) is 0.833. The summed E-state index contributed by atoms with van der Waals surface area (Å²) in [6.07, 6.45) is -1.02. The third-order valence-electron chi connectivity index (χ3n) is 1.32. The van der Waals surface area contributed by atoms with Crippen molar-refractivity contribution in [2.45, 2.75) is 26.0 Å². The topological polar surface area (TPSA) is 86.4 Å². The molecule has 0 bridgehead atoms. The van der Waals surface area contributed by atoms with Crippen LogP contribution in [0.15, 0.2) is 0 Å². The van der Waals surface area contributed by atoms with Gasteiger partial charge in [-0.3, -0.25) is 0 Å². The van der Waals surface area contributed by atoms with Gasteiger partial charge in [0.25, 0.3) is 0 Å². The summed E-state index contributed by atoms with van der Waals surface area (Å²) in [4.78, 5) is 10.0. The van der Waals surface area contributed by atoms with Gasteiger partial charge in [-0.15, -0.1) is 0 Å². The number of carbonyl (C=O) groups is 1. The van der Waals surface area contributed by atoms with Crippen molar-refractivity contribution in [1.82, 2.24) is 0 Å². The smallest absolute Gasteiger partial charge is 0.0767 e. The summed E-state index contributed by atoms with van der Waals surface area (Å²) in [5, 5.41) is 19.1. The van der Waals surface area contributed by atoms with Crippen molar-refractivity contribution in [3.05, 3.63) is 0 Å². The minimum absolute atomic E-state index is 0.159. The highest BCUT2D eigenvalue weighted by Gasteiger charge is 2.18. The van der Waals surface area contributed by atoms with Crippen LogP contribution in [0.2, 0.25) is 0 Å². The Morgan fingerprint density at radius 2 is 2.00 bits per heavy atom. The van der Waals surface area contributed by atoms with E-state index < -0.39 is 18.1 Å². The van der Waals surface area contributed by atoms with Crippen molar-refractivity contribution < 1.29 is 15.0 Å². The molecule has 4 heteroatoms. The van der Waals surface area contributed by atoms with Crippen molar-refractivity contribution in [1.29, 1.82) is 0 Å². The number of hydrogen-bond acceptors (Lipinski definition) is 4. The predicted octanol–water partition coefficient (Wildman–Crippen LogP) is -1.92. The van der Waals surface area contributed by atoms with Gasteiger partial charge in [-0.25, -0.2) is 0 Å². The molecule has 0 aliphatic heterocycles. The molecular weight excluding hydrogens is 134 g/mol. The van der Waals surface area contributed by atoms with Gasteiger partial charge < -0.3 is 20.7 Å². The number of nitrogens with two attached hydrogens (primary N) is 1. The van der Waals surface area contributed by atoms with Gasteiger partial charge in [0.2, 0.25) is 0 Å². The van der Waals surface area contributed by atoms with E-state index in [0.29, 0.717) is 0 Å². The van der Waals surface area contributed by atoms with E-state index in [0.717, 1.165) is 0 Å². The van der Waals surface area contributed by atoms with E-state index >= 15 is 0 Å². The van der Waals surface area contributed by atoms with Gasteiger partial charge in [0, 0.05) is 0 Å².